The lowest BCUT2D eigenvalue weighted by Gasteiger charge is -2.10. The molecule has 0 rings (SSSR count). The molecule has 0 aromatic carbocycles. The van der Waals surface area contributed by atoms with Crippen LogP contribution in [0.1, 0.15) is 52.4 Å². The molecule has 0 aromatic heterocycles. The van der Waals surface area contributed by atoms with Crippen LogP contribution < -0.4 is 0 Å². The van der Waals surface area contributed by atoms with Gasteiger partial charge in [-0.3, -0.25) is 0 Å². The Balaban J connectivity index is 3.19. The van der Waals surface area contributed by atoms with Gasteiger partial charge >= 0.3 is 0 Å². The average Bonchev–Trinajstić information content (AvgIpc) is 2.37. The van der Waals surface area contributed by atoms with Gasteiger partial charge in [0.25, 0.3) is 0 Å². The minimum Gasteiger partial charge on any atom is -0.160 e. The molecule has 4 heteroatoms. The first-order valence-electron chi connectivity index (χ1n) is 7.14. The van der Waals surface area contributed by atoms with Gasteiger partial charge in [-0.25, -0.2) is 0 Å². The Morgan fingerprint density at radius 2 is 1.17 bits per heavy atom. The van der Waals surface area contributed by atoms with Crippen molar-refractivity contribution in [1.82, 2.24) is 0 Å². The Labute approximate surface area is 139 Å². The van der Waals surface area contributed by atoms with Crippen molar-refractivity contribution in [3.8, 4) is 0 Å². The molecule has 0 nitrogen and oxygen atoms in total. The molecule has 0 bridgehead atoms. The Morgan fingerprint density at radius 1 is 0.778 bits per heavy atom. The maximum Gasteiger partial charge on any atom is 0.0236 e. The summed E-state index contributed by atoms with van der Waals surface area (Å²) in [5.41, 5.74) is 0. The number of rotatable bonds is 13. The molecule has 0 aromatic rings. The zero-order valence-corrected chi connectivity index (χ0v) is 16.6. The van der Waals surface area contributed by atoms with Crippen molar-refractivity contribution in [3.63, 3.8) is 0 Å². The second-order valence-electron chi connectivity index (χ2n) is 4.63. The maximum absolute atomic E-state index is 3.76. The highest BCUT2D eigenvalue weighted by molar-refractivity contribution is 9.09. The molecule has 0 aliphatic carbocycles. The molecule has 0 spiro atoms. The Morgan fingerprint density at radius 3 is 1.50 bits per heavy atom. The molecular formula is C14H28Br2S2. The summed E-state index contributed by atoms with van der Waals surface area (Å²) in [6, 6.07) is 0. The van der Waals surface area contributed by atoms with E-state index in [1.807, 2.05) is 0 Å². The van der Waals surface area contributed by atoms with E-state index >= 15 is 0 Å². The normalized spacial score (nSPS) is 14.7. The summed E-state index contributed by atoms with van der Waals surface area (Å²) in [7, 11) is 0. The van der Waals surface area contributed by atoms with Gasteiger partial charge in [0, 0.05) is 32.7 Å². The van der Waals surface area contributed by atoms with Gasteiger partial charge in [0.1, 0.15) is 0 Å². The minimum absolute atomic E-state index is 0.723. The summed E-state index contributed by atoms with van der Waals surface area (Å²) in [6.45, 7) is 4.53. The number of hydrogen-bond acceptors (Lipinski definition) is 2. The Hall–Kier alpha value is 1.66. The summed E-state index contributed by atoms with van der Waals surface area (Å²) in [5.74, 6) is 5.14. The monoisotopic (exact) mass is 418 g/mol. The van der Waals surface area contributed by atoms with Crippen LogP contribution >= 0.6 is 55.4 Å². The van der Waals surface area contributed by atoms with Gasteiger partial charge in [0.15, 0.2) is 0 Å². The highest BCUT2D eigenvalue weighted by Crippen LogP contribution is 2.19. The van der Waals surface area contributed by atoms with Crippen LogP contribution in [0.2, 0.25) is 0 Å². The quantitative estimate of drug-likeness (QED) is 0.251. The zero-order chi connectivity index (χ0) is 13.6. The van der Waals surface area contributed by atoms with E-state index in [1.54, 1.807) is 0 Å². The fourth-order valence-corrected chi connectivity index (χ4v) is 5.45. The van der Waals surface area contributed by atoms with E-state index in [0.717, 1.165) is 9.65 Å². The fraction of sp³-hybridized carbons (Fsp3) is 1.00. The second kappa shape index (κ2) is 15.1. The van der Waals surface area contributed by atoms with Gasteiger partial charge in [-0.15, -0.1) is 0 Å². The SMILES string of the molecule is CCCCC(Br)CSCCSCC(Br)CCCC. The first-order chi connectivity index (χ1) is 8.70. The molecule has 110 valence electrons. The number of alkyl halides is 2. The highest BCUT2D eigenvalue weighted by Gasteiger charge is 2.05. The molecule has 18 heavy (non-hydrogen) atoms. The fourth-order valence-electron chi connectivity index (χ4n) is 1.56. The number of halogens is 2. The van der Waals surface area contributed by atoms with Crippen molar-refractivity contribution in [1.29, 1.82) is 0 Å². The van der Waals surface area contributed by atoms with Crippen molar-refractivity contribution in [2.75, 3.05) is 23.0 Å². The molecule has 0 saturated carbocycles. The smallest absolute Gasteiger partial charge is 0.0236 e. The van der Waals surface area contributed by atoms with E-state index in [1.165, 1.54) is 61.5 Å². The number of thioether (sulfide) groups is 2. The molecule has 0 aliphatic heterocycles. The third-order valence-corrected chi connectivity index (χ3v) is 7.65. The summed E-state index contributed by atoms with van der Waals surface area (Å²) in [4.78, 5) is 1.45. The summed E-state index contributed by atoms with van der Waals surface area (Å²) in [6.07, 6.45) is 8.00. The molecule has 0 saturated heterocycles. The molecule has 2 atom stereocenters. The van der Waals surface area contributed by atoms with Crippen molar-refractivity contribution in [2.45, 2.75) is 62.0 Å². The van der Waals surface area contributed by atoms with Gasteiger partial charge in [0.2, 0.25) is 0 Å². The molecule has 0 fully saturated rings. The van der Waals surface area contributed by atoms with Crippen LogP contribution in [0.3, 0.4) is 0 Å². The van der Waals surface area contributed by atoms with Gasteiger partial charge < -0.3 is 0 Å². The minimum atomic E-state index is 0.723. The van der Waals surface area contributed by atoms with Crippen molar-refractivity contribution < 1.29 is 0 Å². The second-order valence-corrected chi connectivity index (χ2v) is 9.52. The van der Waals surface area contributed by atoms with Crippen molar-refractivity contribution in [2.24, 2.45) is 0 Å². The number of unbranched alkanes of at least 4 members (excludes halogenated alkanes) is 2. The first kappa shape index (κ1) is 19.7. The lowest BCUT2D eigenvalue weighted by Crippen LogP contribution is -2.04. The van der Waals surface area contributed by atoms with Gasteiger partial charge in [-0.1, -0.05) is 71.4 Å². The standard InChI is InChI=1S/C14H28Br2S2/c1-3-5-7-13(15)11-17-9-10-18-12-14(16)8-6-4-2/h13-14H,3-12H2,1-2H3. The van der Waals surface area contributed by atoms with Crippen LogP contribution in [0.4, 0.5) is 0 Å². The van der Waals surface area contributed by atoms with Crippen LogP contribution in [0, 0.1) is 0 Å². The van der Waals surface area contributed by atoms with E-state index in [4.69, 9.17) is 0 Å². The van der Waals surface area contributed by atoms with Crippen LogP contribution in [-0.4, -0.2) is 32.7 Å². The lowest BCUT2D eigenvalue weighted by atomic mass is 10.2. The maximum atomic E-state index is 3.76. The average molecular weight is 420 g/mol. The van der Waals surface area contributed by atoms with Gasteiger partial charge in [0.05, 0.1) is 0 Å². The predicted molar refractivity (Wildman–Crippen MR) is 99.1 cm³/mol. The number of hydrogen-bond donors (Lipinski definition) is 0. The highest BCUT2D eigenvalue weighted by atomic mass is 79.9. The third kappa shape index (κ3) is 14.1. The van der Waals surface area contributed by atoms with E-state index in [0.29, 0.717) is 0 Å². The first-order valence-corrected chi connectivity index (χ1v) is 11.3. The summed E-state index contributed by atoms with van der Waals surface area (Å²) < 4.78 is 0. The summed E-state index contributed by atoms with van der Waals surface area (Å²) >= 11 is 11.7. The Bertz CT molecular complexity index is 150. The zero-order valence-electron chi connectivity index (χ0n) is 11.8. The van der Waals surface area contributed by atoms with Crippen molar-refractivity contribution >= 4 is 55.4 Å². The predicted octanol–water partition coefficient (Wildman–Crippen LogP) is 6.36. The Kier molecular flexibility index (Phi) is 16.4. The molecule has 0 N–H and O–H groups in total. The van der Waals surface area contributed by atoms with Gasteiger partial charge in [-0.05, 0) is 12.8 Å². The van der Waals surface area contributed by atoms with E-state index in [2.05, 4.69) is 69.2 Å². The molecule has 0 aliphatic rings. The van der Waals surface area contributed by atoms with Crippen LogP contribution in [0.5, 0.6) is 0 Å². The van der Waals surface area contributed by atoms with E-state index in [9.17, 15) is 0 Å². The third-order valence-electron chi connectivity index (χ3n) is 2.71. The van der Waals surface area contributed by atoms with E-state index < -0.39 is 0 Å². The molecule has 2 unspecified atom stereocenters. The van der Waals surface area contributed by atoms with E-state index in [-0.39, 0.29) is 0 Å². The molecule has 0 amide bonds. The van der Waals surface area contributed by atoms with Crippen LogP contribution in [-0.2, 0) is 0 Å². The van der Waals surface area contributed by atoms with Crippen LogP contribution in [0.25, 0.3) is 0 Å². The topological polar surface area (TPSA) is 0 Å². The largest absolute Gasteiger partial charge is 0.160 e. The lowest BCUT2D eigenvalue weighted by molar-refractivity contribution is 0.723. The van der Waals surface area contributed by atoms with Crippen molar-refractivity contribution in [3.05, 3.63) is 0 Å². The molecule has 0 radical (unpaired) electrons. The molecular weight excluding hydrogens is 392 g/mol. The summed E-state index contributed by atoms with van der Waals surface area (Å²) in [5, 5.41) is 0. The van der Waals surface area contributed by atoms with Gasteiger partial charge in [-0.2, -0.15) is 23.5 Å². The molecule has 0 heterocycles. The van der Waals surface area contributed by atoms with Crippen LogP contribution in [0.15, 0.2) is 0 Å².